The zero-order chi connectivity index (χ0) is 20.5. The highest BCUT2D eigenvalue weighted by atomic mass is 16.5. The number of likely N-dealkylation sites (tertiary alicyclic amines) is 1. The van der Waals surface area contributed by atoms with Crippen molar-refractivity contribution in [2.75, 3.05) is 24.5 Å². The lowest BCUT2D eigenvalue weighted by Crippen LogP contribution is -2.46. The van der Waals surface area contributed by atoms with E-state index in [2.05, 4.69) is 28.0 Å². The van der Waals surface area contributed by atoms with Crippen molar-refractivity contribution in [2.45, 2.75) is 63.1 Å². The van der Waals surface area contributed by atoms with Gasteiger partial charge >= 0.3 is 5.97 Å². The third-order valence-electron chi connectivity index (χ3n) is 7.12. The Hall–Kier alpha value is -2.58. The zero-order valence-electron chi connectivity index (χ0n) is 17.4. The third-order valence-corrected chi connectivity index (χ3v) is 7.12. The first-order chi connectivity index (χ1) is 14.7. The maximum atomic E-state index is 12.4. The summed E-state index contributed by atoms with van der Waals surface area (Å²) in [6.07, 6.45) is 7.13. The van der Waals surface area contributed by atoms with Crippen LogP contribution >= 0.6 is 0 Å². The van der Waals surface area contributed by atoms with E-state index < -0.39 is 0 Å². The second-order valence-electron chi connectivity index (χ2n) is 8.96. The van der Waals surface area contributed by atoms with Gasteiger partial charge in [-0.15, -0.1) is 0 Å². The van der Waals surface area contributed by atoms with E-state index in [0.29, 0.717) is 18.5 Å². The zero-order valence-corrected chi connectivity index (χ0v) is 17.4. The number of benzene rings is 2. The molecular formula is C25H29N3O2. The number of nitrogens with zero attached hydrogens (tertiary/aromatic N) is 3. The minimum atomic E-state index is -0.0384. The monoisotopic (exact) mass is 403 g/mol. The van der Waals surface area contributed by atoms with Gasteiger partial charge in [-0.3, -0.25) is 4.79 Å². The van der Waals surface area contributed by atoms with E-state index in [0.717, 1.165) is 61.7 Å². The summed E-state index contributed by atoms with van der Waals surface area (Å²) in [6.45, 7) is 3.07. The molecule has 0 aliphatic carbocycles. The van der Waals surface area contributed by atoms with Gasteiger partial charge in [0, 0.05) is 47.9 Å². The summed E-state index contributed by atoms with van der Waals surface area (Å²) >= 11 is 0. The van der Waals surface area contributed by atoms with Crippen LogP contribution in [0, 0.1) is 11.3 Å². The lowest BCUT2D eigenvalue weighted by Gasteiger charge is -2.40. The van der Waals surface area contributed by atoms with Crippen molar-refractivity contribution in [3.63, 3.8) is 0 Å². The van der Waals surface area contributed by atoms with Gasteiger partial charge in [0.2, 0.25) is 0 Å². The molecule has 0 N–H and O–H groups in total. The molecule has 2 aromatic carbocycles. The summed E-state index contributed by atoms with van der Waals surface area (Å²) in [5.41, 5.74) is 1.94. The normalized spacial score (nSPS) is 26.1. The molecule has 0 saturated carbocycles. The highest BCUT2D eigenvalue weighted by Gasteiger charge is 2.42. The quantitative estimate of drug-likeness (QED) is 0.699. The average Bonchev–Trinajstić information content (AvgIpc) is 3.37. The number of piperidine rings is 1. The van der Waals surface area contributed by atoms with E-state index >= 15 is 0 Å². The molecule has 0 amide bonds. The van der Waals surface area contributed by atoms with Crippen LogP contribution in [0.3, 0.4) is 0 Å². The third kappa shape index (κ3) is 3.65. The van der Waals surface area contributed by atoms with Crippen LogP contribution in [0.2, 0.25) is 0 Å². The van der Waals surface area contributed by atoms with E-state index in [1.54, 1.807) is 0 Å². The number of hydrogen-bond acceptors (Lipinski definition) is 5. The van der Waals surface area contributed by atoms with Gasteiger partial charge in [-0.2, -0.15) is 5.26 Å². The molecule has 0 spiro atoms. The Morgan fingerprint density at radius 1 is 1.03 bits per heavy atom. The minimum Gasteiger partial charge on any atom is -0.462 e. The second kappa shape index (κ2) is 8.28. The van der Waals surface area contributed by atoms with Crippen LogP contribution in [0.25, 0.3) is 10.8 Å². The first-order valence-corrected chi connectivity index (χ1v) is 11.3. The molecule has 156 valence electrons. The lowest BCUT2D eigenvalue weighted by molar-refractivity contribution is -0.150. The van der Waals surface area contributed by atoms with Gasteiger partial charge in [0.25, 0.3) is 0 Å². The molecule has 3 aliphatic heterocycles. The molecule has 0 aromatic heterocycles. The Morgan fingerprint density at radius 3 is 2.43 bits per heavy atom. The van der Waals surface area contributed by atoms with Gasteiger partial charge in [-0.05, 0) is 50.9 Å². The number of fused-ring (bicyclic) bond motifs is 3. The summed E-state index contributed by atoms with van der Waals surface area (Å²) in [5.74, 6) is -0.0384. The van der Waals surface area contributed by atoms with Gasteiger partial charge in [0.05, 0.1) is 18.1 Å². The molecule has 3 atom stereocenters. The Kier molecular flexibility index (Phi) is 5.35. The fourth-order valence-electron chi connectivity index (χ4n) is 5.72. The summed E-state index contributed by atoms with van der Waals surface area (Å²) in [5, 5.41) is 11.6. The van der Waals surface area contributed by atoms with E-state index in [1.165, 1.54) is 18.5 Å². The predicted octanol–water partition coefficient (Wildman–Crippen LogP) is 4.24. The van der Waals surface area contributed by atoms with Gasteiger partial charge < -0.3 is 14.5 Å². The molecule has 0 radical (unpaired) electrons. The van der Waals surface area contributed by atoms with Crippen LogP contribution < -0.4 is 4.90 Å². The number of esters is 1. The predicted molar refractivity (Wildman–Crippen MR) is 117 cm³/mol. The maximum absolute atomic E-state index is 12.4. The number of anilines is 1. The molecule has 3 aliphatic rings. The van der Waals surface area contributed by atoms with Crippen molar-refractivity contribution >= 4 is 22.4 Å². The lowest BCUT2D eigenvalue weighted by atomic mass is 9.96. The fraction of sp³-hybridized carbons (Fsp3) is 0.520. The Morgan fingerprint density at radius 2 is 1.73 bits per heavy atom. The molecule has 5 nitrogen and oxygen atoms in total. The van der Waals surface area contributed by atoms with Crippen LogP contribution in [-0.4, -0.2) is 48.7 Å². The van der Waals surface area contributed by atoms with Gasteiger partial charge in [-0.25, -0.2) is 0 Å². The van der Waals surface area contributed by atoms with Crippen molar-refractivity contribution in [3.8, 4) is 6.07 Å². The van der Waals surface area contributed by atoms with Gasteiger partial charge in [0.15, 0.2) is 0 Å². The molecule has 5 rings (SSSR count). The Balaban J connectivity index is 1.28. The molecular weight excluding hydrogens is 374 g/mol. The number of carbonyl (C=O) groups is 1. The van der Waals surface area contributed by atoms with Crippen LogP contribution in [0.15, 0.2) is 36.4 Å². The minimum absolute atomic E-state index is 0.0365. The van der Waals surface area contributed by atoms with Crippen molar-refractivity contribution in [2.24, 2.45) is 0 Å². The topological polar surface area (TPSA) is 56.6 Å². The van der Waals surface area contributed by atoms with Crippen LogP contribution in [0.5, 0.6) is 0 Å². The van der Waals surface area contributed by atoms with Gasteiger partial charge in [-0.1, -0.05) is 24.3 Å². The van der Waals surface area contributed by atoms with Crippen molar-refractivity contribution in [3.05, 3.63) is 42.0 Å². The summed E-state index contributed by atoms with van der Waals surface area (Å²) < 4.78 is 5.90. The Labute approximate surface area is 178 Å². The average molecular weight is 404 g/mol. The fourth-order valence-corrected chi connectivity index (χ4v) is 5.72. The summed E-state index contributed by atoms with van der Waals surface area (Å²) in [4.78, 5) is 17.3. The number of hydrogen-bond donors (Lipinski definition) is 0. The molecule has 3 fully saturated rings. The van der Waals surface area contributed by atoms with E-state index in [-0.39, 0.29) is 12.1 Å². The number of nitriles is 1. The molecule has 1 unspecified atom stereocenters. The summed E-state index contributed by atoms with van der Waals surface area (Å²) in [6, 6.07) is 15.4. The highest BCUT2D eigenvalue weighted by Crippen LogP contribution is 2.43. The molecule has 30 heavy (non-hydrogen) atoms. The Bertz CT molecular complexity index is 962. The molecule has 5 heteroatoms. The number of carbonyl (C=O) groups excluding carboxylic acids is 1. The first kappa shape index (κ1) is 19.4. The highest BCUT2D eigenvalue weighted by molar-refractivity contribution is 5.98. The number of ether oxygens (including phenoxy) is 1. The SMILES string of the molecule is N#Cc1ccc(N2[C@@H]3CC[C@H]2CC(OC(=O)CCN2CCCC2)C3)c2ccccc12. The van der Waals surface area contributed by atoms with E-state index in [4.69, 9.17) is 4.74 Å². The van der Waals surface area contributed by atoms with E-state index in [1.807, 2.05) is 24.3 Å². The van der Waals surface area contributed by atoms with Crippen LogP contribution in [0.4, 0.5) is 5.69 Å². The van der Waals surface area contributed by atoms with Crippen LogP contribution in [-0.2, 0) is 9.53 Å². The molecule has 3 heterocycles. The van der Waals surface area contributed by atoms with Crippen molar-refractivity contribution < 1.29 is 9.53 Å². The standard InChI is InChI=1S/C25H29N3O2/c26-17-18-7-10-24(23-6-2-1-5-22(18)23)28-19-8-9-20(28)16-21(15-19)30-25(29)11-14-27-12-3-4-13-27/h1-2,5-7,10,19-21H,3-4,8-9,11-16H2/t19-,20+,21?. The smallest absolute Gasteiger partial charge is 0.307 e. The van der Waals surface area contributed by atoms with Crippen molar-refractivity contribution in [1.82, 2.24) is 4.90 Å². The maximum Gasteiger partial charge on any atom is 0.307 e. The number of rotatable bonds is 5. The van der Waals surface area contributed by atoms with Crippen LogP contribution in [0.1, 0.15) is 50.5 Å². The molecule has 2 aromatic rings. The van der Waals surface area contributed by atoms with E-state index in [9.17, 15) is 10.1 Å². The second-order valence-corrected chi connectivity index (χ2v) is 8.96. The van der Waals surface area contributed by atoms with Gasteiger partial charge in [0.1, 0.15) is 6.10 Å². The first-order valence-electron chi connectivity index (χ1n) is 11.3. The molecule has 2 bridgehead atoms. The summed E-state index contributed by atoms with van der Waals surface area (Å²) in [7, 11) is 0. The largest absolute Gasteiger partial charge is 0.462 e. The van der Waals surface area contributed by atoms with Crippen molar-refractivity contribution in [1.29, 1.82) is 5.26 Å². The molecule has 3 saturated heterocycles.